The zero-order valence-corrected chi connectivity index (χ0v) is 13.1. The van der Waals surface area contributed by atoms with Gasteiger partial charge in [-0.15, -0.1) is 0 Å². The topological polar surface area (TPSA) is 55.5 Å². The summed E-state index contributed by atoms with van der Waals surface area (Å²) in [5, 5.41) is 4.87. The van der Waals surface area contributed by atoms with Crippen molar-refractivity contribution in [1.82, 2.24) is 0 Å². The Kier molecular flexibility index (Phi) is 5.31. The standard InChI is InChI=1S/C19H19N3O.CH4/c1-2-22(14-18(20)23)13-17(15-9-5-3-6-10-15)19(21-22)16-11-7-4-8-12-16;/h3-13H,2,14H2,1H3,(H-,20,23);1H4/p+1. The molecule has 0 aliphatic carbocycles. The lowest BCUT2D eigenvalue weighted by molar-refractivity contribution is -0.873. The van der Waals surface area contributed by atoms with E-state index in [0.29, 0.717) is 6.54 Å². The fourth-order valence-corrected chi connectivity index (χ4v) is 2.85. The quantitative estimate of drug-likeness (QED) is 0.843. The highest BCUT2D eigenvalue weighted by molar-refractivity contribution is 6.32. The van der Waals surface area contributed by atoms with Crippen LogP contribution >= 0.6 is 0 Å². The highest BCUT2D eigenvalue weighted by atomic mass is 16.1. The Morgan fingerprint density at radius 1 is 1.00 bits per heavy atom. The van der Waals surface area contributed by atoms with Gasteiger partial charge in [-0.2, -0.15) is 4.59 Å². The Morgan fingerprint density at radius 2 is 1.54 bits per heavy atom. The van der Waals surface area contributed by atoms with Gasteiger partial charge in [0.2, 0.25) is 0 Å². The van der Waals surface area contributed by atoms with E-state index < -0.39 is 0 Å². The van der Waals surface area contributed by atoms with Crippen LogP contribution in [-0.4, -0.2) is 29.3 Å². The van der Waals surface area contributed by atoms with Crippen LogP contribution in [0.25, 0.3) is 5.57 Å². The number of benzene rings is 2. The number of quaternary nitrogens is 1. The molecule has 24 heavy (non-hydrogen) atoms. The molecule has 2 N–H and O–H groups in total. The molecule has 0 fully saturated rings. The van der Waals surface area contributed by atoms with Crippen LogP contribution in [0.15, 0.2) is 72.0 Å². The average Bonchev–Trinajstić information content (AvgIpc) is 2.96. The minimum Gasteiger partial charge on any atom is -0.365 e. The molecule has 0 aromatic heterocycles. The van der Waals surface area contributed by atoms with Crippen LogP contribution in [-0.2, 0) is 4.79 Å². The van der Waals surface area contributed by atoms with Gasteiger partial charge >= 0.3 is 0 Å². The van der Waals surface area contributed by atoms with Crippen molar-refractivity contribution in [3.05, 3.63) is 78.0 Å². The first-order chi connectivity index (χ1) is 11.1. The van der Waals surface area contributed by atoms with Crippen molar-refractivity contribution in [1.29, 1.82) is 0 Å². The monoisotopic (exact) mass is 322 g/mol. The van der Waals surface area contributed by atoms with E-state index in [4.69, 9.17) is 10.8 Å². The molecule has 0 bridgehead atoms. The lowest BCUT2D eigenvalue weighted by Gasteiger charge is -2.22. The number of hydrogen-bond acceptors (Lipinski definition) is 2. The molecule has 0 radical (unpaired) electrons. The van der Waals surface area contributed by atoms with Gasteiger partial charge in [0, 0.05) is 5.56 Å². The Balaban J connectivity index is 0.00000208. The second kappa shape index (κ2) is 7.23. The minimum atomic E-state index is -0.353. The smallest absolute Gasteiger partial charge is 0.275 e. The molecule has 124 valence electrons. The van der Waals surface area contributed by atoms with E-state index in [1.165, 1.54) is 0 Å². The largest absolute Gasteiger partial charge is 0.365 e. The summed E-state index contributed by atoms with van der Waals surface area (Å²) in [6.07, 6.45) is 2.04. The molecule has 2 aromatic rings. The summed E-state index contributed by atoms with van der Waals surface area (Å²) in [5.74, 6) is -0.353. The zero-order chi connectivity index (χ0) is 16.3. The SMILES string of the molecule is C.CC[N+]1(CC(N)=O)C=C(c2ccccc2)C(c2ccccc2)=N1. The number of primary amides is 1. The first-order valence-corrected chi connectivity index (χ1v) is 7.73. The number of carbonyl (C=O) groups excluding carboxylic acids is 1. The lowest BCUT2D eigenvalue weighted by atomic mass is 9.97. The molecule has 0 spiro atoms. The van der Waals surface area contributed by atoms with Crippen molar-refractivity contribution in [2.75, 3.05) is 13.1 Å². The molecule has 1 amide bonds. The fraction of sp³-hybridized carbons (Fsp3) is 0.200. The van der Waals surface area contributed by atoms with E-state index >= 15 is 0 Å². The molecule has 2 aromatic carbocycles. The van der Waals surface area contributed by atoms with E-state index in [0.717, 1.165) is 22.4 Å². The van der Waals surface area contributed by atoms with Gasteiger partial charge in [0.15, 0.2) is 6.54 Å². The van der Waals surface area contributed by atoms with Crippen LogP contribution in [0.4, 0.5) is 0 Å². The van der Waals surface area contributed by atoms with Gasteiger partial charge in [0.25, 0.3) is 5.91 Å². The number of nitrogens with zero attached hydrogens (tertiary/aromatic N) is 2. The Morgan fingerprint density at radius 3 is 2.04 bits per heavy atom. The van der Waals surface area contributed by atoms with Gasteiger partial charge in [-0.25, -0.2) is 0 Å². The van der Waals surface area contributed by atoms with Gasteiger partial charge in [0.05, 0.1) is 5.57 Å². The lowest BCUT2D eigenvalue weighted by Crippen LogP contribution is -2.42. The van der Waals surface area contributed by atoms with Gasteiger partial charge in [0.1, 0.15) is 18.5 Å². The zero-order valence-electron chi connectivity index (χ0n) is 13.1. The van der Waals surface area contributed by atoms with Crippen LogP contribution < -0.4 is 5.73 Å². The summed E-state index contributed by atoms with van der Waals surface area (Å²) in [7, 11) is 0. The Hall–Kier alpha value is -2.72. The molecule has 0 saturated heterocycles. The molecular formula is C20H24N3O+. The summed E-state index contributed by atoms with van der Waals surface area (Å²) < 4.78 is 0.212. The molecular weight excluding hydrogens is 298 g/mol. The number of hydrogen-bond donors (Lipinski definition) is 1. The average molecular weight is 322 g/mol. The highest BCUT2D eigenvalue weighted by Gasteiger charge is 2.36. The maximum Gasteiger partial charge on any atom is 0.275 e. The van der Waals surface area contributed by atoms with Crippen molar-refractivity contribution in [2.45, 2.75) is 14.4 Å². The third-order valence-corrected chi connectivity index (χ3v) is 4.03. The van der Waals surface area contributed by atoms with Crippen molar-refractivity contribution in [2.24, 2.45) is 10.8 Å². The van der Waals surface area contributed by atoms with Crippen molar-refractivity contribution >= 4 is 17.2 Å². The number of amides is 1. The van der Waals surface area contributed by atoms with E-state index in [1.807, 2.05) is 61.7 Å². The van der Waals surface area contributed by atoms with Gasteiger partial charge in [-0.3, -0.25) is 4.79 Å². The predicted octanol–water partition coefficient (Wildman–Crippen LogP) is 3.40. The van der Waals surface area contributed by atoms with Crippen LogP contribution in [0, 0.1) is 0 Å². The molecule has 4 nitrogen and oxygen atoms in total. The Bertz CT molecular complexity index is 708. The van der Waals surface area contributed by atoms with Crippen LogP contribution in [0.5, 0.6) is 0 Å². The van der Waals surface area contributed by atoms with Crippen LogP contribution in [0.3, 0.4) is 0 Å². The molecule has 1 atom stereocenters. The van der Waals surface area contributed by atoms with Gasteiger partial charge < -0.3 is 5.73 Å². The van der Waals surface area contributed by atoms with E-state index in [9.17, 15) is 4.79 Å². The van der Waals surface area contributed by atoms with E-state index in [2.05, 4.69) is 12.1 Å². The van der Waals surface area contributed by atoms with Gasteiger partial charge in [-0.1, -0.05) is 73.2 Å². The van der Waals surface area contributed by atoms with E-state index in [1.54, 1.807) is 0 Å². The normalized spacial score (nSPS) is 19.2. The number of likely N-dealkylation sites (N-methyl/N-ethyl adjacent to an activating group) is 1. The van der Waals surface area contributed by atoms with E-state index in [-0.39, 0.29) is 24.5 Å². The van der Waals surface area contributed by atoms with Crippen molar-refractivity contribution in [3.63, 3.8) is 0 Å². The fourth-order valence-electron chi connectivity index (χ4n) is 2.85. The molecule has 1 unspecified atom stereocenters. The molecule has 1 heterocycles. The second-order valence-corrected chi connectivity index (χ2v) is 5.65. The number of allylic oxidation sites excluding steroid dienone is 1. The van der Waals surface area contributed by atoms with Crippen molar-refractivity contribution in [3.8, 4) is 0 Å². The molecule has 1 aliphatic rings. The summed E-state index contributed by atoms with van der Waals surface area (Å²) in [4.78, 5) is 11.5. The Labute approximate surface area is 143 Å². The first-order valence-electron chi connectivity index (χ1n) is 7.73. The number of nitrogens with two attached hydrogens (primary N) is 1. The summed E-state index contributed by atoms with van der Waals surface area (Å²) >= 11 is 0. The first kappa shape index (κ1) is 17.6. The van der Waals surface area contributed by atoms with Crippen molar-refractivity contribution < 1.29 is 9.39 Å². The maximum absolute atomic E-state index is 11.5. The third-order valence-electron chi connectivity index (χ3n) is 4.03. The summed E-state index contributed by atoms with van der Waals surface area (Å²) in [6, 6.07) is 20.2. The predicted molar refractivity (Wildman–Crippen MR) is 99.0 cm³/mol. The molecule has 0 saturated carbocycles. The number of rotatable bonds is 5. The summed E-state index contributed by atoms with van der Waals surface area (Å²) in [6.45, 7) is 2.86. The van der Waals surface area contributed by atoms with Gasteiger partial charge in [-0.05, 0) is 12.5 Å². The minimum absolute atomic E-state index is 0. The highest BCUT2D eigenvalue weighted by Crippen LogP contribution is 2.31. The third kappa shape index (κ3) is 3.44. The number of carbonyl (C=O) groups is 1. The molecule has 1 aliphatic heterocycles. The second-order valence-electron chi connectivity index (χ2n) is 5.65. The molecule has 4 heteroatoms. The van der Waals surface area contributed by atoms with Crippen LogP contribution in [0.1, 0.15) is 25.5 Å². The molecule has 3 rings (SSSR count). The maximum atomic E-state index is 11.5. The summed E-state index contributed by atoms with van der Waals surface area (Å²) in [5.41, 5.74) is 9.53. The van der Waals surface area contributed by atoms with Crippen LogP contribution in [0.2, 0.25) is 0 Å².